The number of amides is 1. The molecule has 2 aromatic rings. The van der Waals surface area contributed by atoms with Crippen molar-refractivity contribution >= 4 is 11.9 Å². The molecule has 0 saturated carbocycles. The van der Waals surface area contributed by atoms with E-state index in [1.165, 1.54) is 0 Å². The number of aryl methyl sites for hydroxylation is 1. The summed E-state index contributed by atoms with van der Waals surface area (Å²) in [6, 6.07) is 3.37. The molecule has 25 heavy (non-hydrogen) atoms. The molecule has 0 unspecified atom stereocenters. The Hall–Kier alpha value is -2.84. The summed E-state index contributed by atoms with van der Waals surface area (Å²) < 4.78 is 12.0. The van der Waals surface area contributed by atoms with Gasteiger partial charge in [0.2, 0.25) is 17.7 Å². The summed E-state index contributed by atoms with van der Waals surface area (Å²) in [6.45, 7) is 2.64. The Bertz CT molecular complexity index is 725. The van der Waals surface area contributed by atoms with E-state index in [9.17, 15) is 4.79 Å². The number of carbonyl (C=O) groups excluding carboxylic acids is 1. The second-order valence-electron chi connectivity index (χ2n) is 5.76. The first-order chi connectivity index (χ1) is 12.1. The van der Waals surface area contributed by atoms with Gasteiger partial charge in [-0.25, -0.2) is 0 Å². The number of carbonyl (C=O) groups is 1. The summed E-state index contributed by atoms with van der Waals surface area (Å²) >= 11 is 0. The van der Waals surface area contributed by atoms with Crippen LogP contribution in [0, 0.1) is 0 Å². The van der Waals surface area contributed by atoms with Crippen LogP contribution in [0.3, 0.4) is 0 Å². The van der Waals surface area contributed by atoms with E-state index in [0.29, 0.717) is 43.0 Å². The molecule has 1 aliphatic heterocycles. The fourth-order valence-electron chi connectivity index (χ4n) is 2.75. The molecule has 0 N–H and O–H groups in total. The summed E-state index contributed by atoms with van der Waals surface area (Å²) in [6.07, 6.45) is 2.59. The molecule has 1 fully saturated rings. The minimum absolute atomic E-state index is 0.0495. The van der Waals surface area contributed by atoms with Gasteiger partial charge < -0.3 is 19.3 Å². The number of ether oxygens (including phenoxy) is 2. The molecule has 1 amide bonds. The van der Waals surface area contributed by atoms with Gasteiger partial charge in [-0.1, -0.05) is 0 Å². The molecular formula is C16H22N6O3. The lowest BCUT2D eigenvalue weighted by molar-refractivity contribution is 0.0760. The second kappa shape index (κ2) is 7.37. The predicted molar refractivity (Wildman–Crippen MR) is 91.1 cm³/mol. The van der Waals surface area contributed by atoms with Gasteiger partial charge in [-0.3, -0.25) is 9.48 Å². The molecule has 134 valence electrons. The fourth-order valence-corrected chi connectivity index (χ4v) is 2.75. The van der Waals surface area contributed by atoms with Crippen molar-refractivity contribution in [1.29, 1.82) is 0 Å². The van der Waals surface area contributed by atoms with Gasteiger partial charge in [0.1, 0.15) is 5.69 Å². The molecule has 1 aliphatic rings. The third kappa shape index (κ3) is 3.81. The number of anilines is 1. The van der Waals surface area contributed by atoms with E-state index in [1.54, 1.807) is 44.3 Å². The fraction of sp³-hybridized carbons (Fsp3) is 0.500. The zero-order valence-electron chi connectivity index (χ0n) is 14.7. The number of methoxy groups -OCH3 is 2. The minimum atomic E-state index is -0.0495. The molecule has 2 aromatic heterocycles. The van der Waals surface area contributed by atoms with Gasteiger partial charge in [0.15, 0.2) is 0 Å². The Balaban J connectivity index is 1.72. The molecule has 3 rings (SSSR count). The topological polar surface area (TPSA) is 85.6 Å². The first kappa shape index (κ1) is 17.0. The highest BCUT2D eigenvalue weighted by atomic mass is 16.5. The molecule has 0 bridgehead atoms. The SMILES string of the molecule is COc1cc(OC)nc(N2CCCN(C(=O)c3ccn(C)n3)CC2)n1. The third-order valence-electron chi connectivity index (χ3n) is 4.08. The maximum atomic E-state index is 12.6. The predicted octanol–water partition coefficient (Wildman–Crippen LogP) is 0.580. The van der Waals surface area contributed by atoms with Gasteiger partial charge in [-0.2, -0.15) is 15.1 Å². The quantitative estimate of drug-likeness (QED) is 0.800. The zero-order valence-corrected chi connectivity index (χ0v) is 14.7. The molecular weight excluding hydrogens is 324 g/mol. The van der Waals surface area contributed by atoms with Gasteiger partial charge in [0.25, 0.3) is 5.91 Å². The summed E-state index contributed by atoms with van der Waals surface area (Å²) in [5, 5.41) is 4.19. The van der Waals surface area contributed by atoms with Gasteiger partial charge in [-0.05, 0) is 12.5 Å². The highest BCUT2D eigenvalue weighted by molar-refractivity contribution is 5.92. The van der Waals surface area contributed by atoms with Crippen molar-refractivity contribution in [1.82, 2.24) is 24.6 Å². The largest absolute Gasteiger partial charge is 0.481 e. The van der Waals surface area contributed by atoms with Gasteiger partial charge >= 0.3 is 0 Å². The Morgan fingerprint density at radius 2 is 1.80 bits per heavy atom. The monoisotopic (exact) mass is 346 g/mol. The van der Waals surface area contributed by atoms with E-state index in [1.807, 2.05) is 9.80 Å². The van der Waals surface area contributed by atoms with Crippen molar-refractivity contribution in [3.63, 3.8) is 0 Å². The van der Waals surface area contributed by atoms with Crippen LogP contribution in [0.5, 0.6) is 11.8 Å². The Labute approximate surface area is 146 Å². The molecule has 0 aliphatic carbocycles. The van der Waals surface area contributed by atoms with E-state index in [-0.39, 0.29) is 5.91 Å². The first-order valence-corrected chi connectivity index (χ1v) is 8.11. The molecule has 9 heteroatoms. The standard InChI is InChI=1S/C16H22N6O3/c1-20-8-5-12(19-20)15(23)21-6-4-7-22(10-9-21)16-17-13(24-2)11-14(18-16)25-3/h5,8,11H,4,6-7,9-10H2,1-3H3. The van der Waals surface area contributed by atoms with Crippen LogP contribution < -0.4 is 14.4 Å². The van der Waals surface area contributed by atoms with Crippen molar-refractivity contribution in [2.45, 2.75) is 6.42 Å². The van der Waals surface area contributed by atoms with Crippen LogP contribution in [-0.4, -0.2) is 71.0 Å². The molecule has 3 heterocycles. The van der Waals surface area contributed by atoms with Gasteiger partial charge in [0.05, 0.1) is 20.3 Å². The number of nitrogens with zero attached hydrogens (tertiary/aromatic N) is 6. The van der Waals surface area contributed by atoms with Crippen LogP contribution in [0.2, 0.25) is 0 Å². The first-order valence-electron chi connectivity index (χ1n) is 8.11. The Morgan fingerprint density at radius 3 is 2.40 bits per heavy atom. The zero-order chi connectivity index (χ0) is 17.8. The number of rotatable bonds is 4. The highest BCUT2D eigenvalue weighted by Crippen LogP contribution is 2.21. The van der Waals surface area contributed by atoms with E-state index >= 15 is 0 Å². The van der Waals surface area contributed by atoms with Crippen LogP contribution in [0.4, 0.5) is 5.95 Å². The molecule has 0 aromatic carbocycles. The minimum Gasteiger partial charge on any atom is -0.481 e. The normalized spacial score (nSPS) is 15.0. The second-order valence-corrected chi connectivity index (χ2v) is 5.76. The number of hydrogen-bond donors (Lipinski definition) is 0. The van der Waals surface area contributed by atoms with E-state index in [2.05, 4.69) is 15.1 Å². The molecule has 9 nitrogen and oxygen atoms in total. The van der Waals surface area contributed by atoms with Crippen molar-refractivity contribution in [3.05, 3.63) is 24.0 Å². The van der Waals surface area contributed by atoms with Crippen molar-refractivity contribution < 1.29 is 14.3 Å². The van der Waals surface area contributed by atoms with Crippen LogP contribution in [0.15, 0.2) is 18.3 Å². The van der Waals surface area contributed by atoms with E-state index in [0.717, 1.165) is 13.0 Å². The smallest absolute Gasteiger partial charge is 0.274 e. The van der Waals surface area contributed by atoms with Crippen molar-refractivity contribution in [2.24, 2.45) is 7.05 Å². The lowest BCUT2D eigenvalue weighted by Crippen LogP contribution is -2.35. The third-order valence-corrected chi connectivity index (χ3v) is 4.08. The lowest BCUT2D eigenvalue weighted by Gasteiger charge is -2.22. The van der Waals surface area contributed by atoms with E-state index in [4.69, 9.17) is 9.47 Å². The average molecular weight is 346 g/mol. The summed E-state index contributed by atoms with van der Waals surface area (Å²) in [5.74, 6) is 1.40. The van der Waals surface area contributed by atoms with Crippen molar-refractivity contribution in [2.75, 3.05) is 45.3 Å². The van der Waals surface area contributed by atoms with Crippen LogP contribution in [0.25, 0.3) is 0 Å². The summed E-state index contributed by atoms with van der Waals surface area (Å²) in [7, 11) is 4.91. The lowest BCUT2D eigenvalue weighted by atomic mass is 10.3. The van der Waals surface area contributed by atoms with Crippen LogP contribution >= 0.6 is 0 Å². The van der Waals surface area contributed by atoms with Gasteiger partial charge in [-0.15, -0.1) is 0 Å². The van der Waals surface area contributed by atoms with E-state index < -0.39 is 0 Å². The molecule has 1 saturated heterocycles. The maximum absolute atomic E-state index is 12.6. The summed E-state index contributed by atoms with van der Waals surface area (Å²) in [5.41, 5.74) is 0.468. The highest BCUT2D eigenvalue weighted by Gasteiger charge is 2.23. The van der Waals surface area contributed by atoms with Crippen LogP contribution in [-0.2, 0) is 7.05 Å². The number of hydrogen-bond acceptors (Lipinski definition) is 7. The number of aromatic nitrogens is 4. The van der Waals surface area contributed by atoms with Gasteiger partial charge in [0, 0.05) is 39.4 Å². The maximum Gasteiger partial charge on any atom is 0.274 e. The molecule has 0 atom stereocenters. The summed E-state index contributed by atoms with van der Waals surface area (Å²) in [4.78, 5) is 25.2. The molecule has 0 spiro atoms. The Morgan fingerprint density at radius 1 is 1.08 bits per heavy atom. The van der Waals surface area contributed by atoms with Crippen molar-refractivity contribution in [3.8, 4) is 11.8 Å². The van der Waals surface area contributed by atoms with Crippen LogP contribution in [0.1, 0.15) is 16.9 Å². The molecule has 0 radical (unpaired) electrons. The Kier molecular flexibility index (Phi) is 5.01. The average Bonchev–Trinajstić information content (AvgIpc) is 2.92.